The van der Waals surface area contributed by atoms with E-state index in [-0.39, 0.29) is 11.8 Å². The average Bonchev–Trinajstić information content (AvgIpc) is 2.76. The number of piperidine rings is 1. The third kappa shape index (κ3) is 6.47. The number of nitrogens with zero attached hydrogens (tertiary/aromatic N) is 3. The number of ether oxygens (including phenoxy) is 1. The summed E-state index contributed by atoms with van der Waals surface area (Å²) < 4.78 is 5.96. The van der Waals surface area contributed by atoms with Crippen molar-refractivity contribution in [2.45, 2.75) is 39.3 Å². The number of guanidine groups is 1. The summed E-state index contributed by atoms with van der Waals surface area (Å²) in [5, 5.41) is 3.37. The lowest BCUT2D eigenvalue weighted by molar-refractivity contribution is -0.119. The lowest BCUT2D eigenvalue weighted by Gasteiger charge is -2.34. The van der Waals surface area contributed by atoms with Gasteiger partial charge in [-0.05, 0) is 37.3 Å². The van der Waals surface area contributed by atoms with Crippen molar-refractivity contribution in [2.24, 2.45) is 16.6 Å². The van der Waals surface area contributed by atoms with Crippen molar-refractivity contribution in [3.8, 4) is 5.88 Å². The van der Waals surface area contributed by atoms with E-state index < -0.39 is 0 Å². The molecule has 0 spiro atoms. The van der Waals surface area contributed by atoms with Crippen molar-refractivity contribution in [1.29, 1.82) is 0 Å². The molecule has 30 heavy (non-hydrogen) atoms. The normalized spacial score (nSPS) is 16.9. The minimum atomic E-state index is -0.237. The topological polar surface area (TPSA) is 92.8 Å². The van der Waals surface area contributed by atoms with Crippen molar-refractivity contribution >= 4 is 11.9 Å². The Morgan fingerprint density at radius 3 is 2.90 bits per heavy atom. The van der Waals surface area contributed by atoms with Crippen molar-refractivity contribution in [1.82, 2.24) is 15.2 Å². The van der Waals surface area contributed by atoms with Gasteiger partial charge in [-0.15, -0.1) is 0 Å². The fourth-order valence-corrected chi connectivity index (χ4v) is 3.69. The van der Waals surface area contributed by atoms with E-state index in [1.165, 1.54) is 0 Å². The van der Waals surface area contributed by atoms with Gasteiger partial charge in [0, 0.05) is 37.8 Å². The number of carbonyl (C=O) groups is 1. The molecule has 1 fully saturated rings. The molecule has 1 aliphatic heterocycles. The van der Waals surface area contributed by atoms with Crippen LogP contribution in [0.4, 0.5) is 0 Å². The minimum absolute atomic E-state index is 0.237. The average molecular weight is 410 g/mol. The molecule has 3 N–H and O–H groups in total. The Labute approximate surface area is 178 Å². The van der Waals surface area contributed by atoms with Gasteiger partial charge in [-0.25, -0.2) is 9.98 Å². The third-order valence-corrected chi connectivity index (χ3v) is 5.11. The van der Waals surface area contributed by atoms with E-state index in [4.69, 9.17) is 15.5 Å². The molecular formula is C23H31N5O2. The van der Waals surface area contributed by atoms with Crippen LogP contribution >= 0.6 is 0 Å². The number of hydrogen-bond donors (Lipinski definition) is 2. The maximum absolute atomic E-state index is 11.3. The van der Waals surface area contributed by atoms with E-state index in [1.807, 2.05) is 42.5 Å². The van der Waals surface area contributed by atoms with Gasteiger partial charge in [0.2, 0.25) is 11.8 Å². The Balaban J connectivity index is 1.68. The predicted molar refractivity (Wildman–Crippen MR) is 118 cm³/mol. The number of hydrogen-bond acceptors (Lipinski definition) is 4. The Morgan fingerprint density at radius 2 is 2.13 bits per heavy atom. The van der Waals surface area contributed by atoms with Gasteiger partial charge < -0.3 is 20.7 Å². The monoisotopic (exact) mass is 409 g/mol. The molecule has 0 saturated carbocycles. The van der Waals surface area contributed by atoms with Gasteiger partial charge in [-0.1, -0.05) is 36.4 Å². The minimum Gasteiger partial charge on any atom is -0.473 e. The molecular weight excluding hydrogens is 378 g/mol. The van der Waals surface area contributed by atoms with E-state index in [0.29, 0.717) is 25.5 Å². The highest BCUT2D eigenvalue weighted by Gasteiger charge is 2.23. The summed E-state index contributed by atoms with van der Waals surface area (Å²) in [5.74, 6) is 1.50. The van der Waals surface area contributed by atoms with Gasteiger partial charge in [-0.2, -0.15) is 0 Å². The van der Waals surface area contributed by atoms with Crippen LogP contribution in [0, 0.1) is 5.92 Å². The maximum Gasteiger partial charge on any atom is 0.218 e. The number of aliphatic imine (C=N–C) groups is 1. The summed E-state index contributed by atoms with van der Waals surface area (Å²) in [7, 11) is 0. The second kappa shape index (κ2) is 11.2. The van der Waals surface area contributed by atoms with Crippen LogP contribution in [0.5, 0.6) is 5.88 Å². The Bertz CT molecular complexity index is 840. The molecule has 1 unspecified atom stereocenters. The van der Waals surface area contributed by atoms with Crippen molar-refractivity contribution in [3.63, 3.8) is 0 Å². The van der Waals surface area contributed by atoms with Gasteiger partial charge in [0.1, 0.15) is 6.61 Å². The molecule has 1 aromatic carbocycles. The predicted octanol–water partition coefficient (Wildman–Crippen LogP) is 2.71. The van der Waals surface area contributed by atoms with Crippen molar-refractivity contribution in [2.75, 3.05) is 19.6 Å². The Morgan fingerprint density at radius 1 is 1.30 bits per heavy atom. The summed E-state index contributed by atoms with van der Waals surface area (Å²) in [5.41, 5.74) is 7.44. The molecule has 2 heterocycles. The highest BCUT2D eigenvalue weighted by atomic mass is 16.5. The largest absolute Gasteiger partial charge is 0.473 e. The highest BCUT2D eigenvalue weighted by molar-refractivity contribution is 5.80. The first-order valence-corrected chi connectivity index (χ1v) is 10.6. The lowest BCUT2D eigenvalue weighted by atomic mass is 9.95. The molecule has 1 aromatic heterocycles. The first kappa shape index (κ1) is 21.6. The fraction of sp³-hybridized carbons (Fsp3) is 0.435. The first-order chi connectivity index (χ1) is 14.7. The number of pyridine rings is 1. The number of nitrogens with one attached hydrogen (secondary N) is 1. The van der Waals surface area contributed by atoms with Crippen LogP contribution < -0.4 is 15.8 Å². The second-order valence-corrected chi connectivity index (χ2v) is 7.54. The van der Waals surface area contributed by atoms with E-state index in [0.717, 1.165) is 49.6 Å². The number of nitrogens with two attached hydrogens (primary N) is 1. The molecule has 0 radical (unpaired) electrons. The SMILES string of the molecule is CCNC(=NCc1cccnc1OCc1ccccc1)N1CCCC(CC(N)=O)C1. The summed E-state index contributed by atoms with van der Waals surface area (Å²) >= 11 is 0. The molecule has 1 aliphatic rings. The quantitative estimate of drug-likeness (QED) is 0.517. The number of rotatable bonds is 8. The molecule has 0 bridgehead atoms. The van der Waals surface area contributed by atoms with Gasteiger partial charge in [-0.3, -0.25) is 4.79 Å². The zero-order valence-corrected chi connectivity index (χ0v) is 17.6. The van der Waals surface area contributed by atoms with Crippen LogP contribution in [0.2, 0.25) is 0 Å². The molecule has 3 rings (SSSR count). The maximum atomic E-state index is 11.3. The van der Waals surface area contributed by atoms with Crippen LogP contribution in [0.15, 0.2) is 53.7 Å². The number of carbonyl (C=O) groups excluding carboxylic acids is 1. The molecule has 1 atom stereocenters. The van der Waals surface area contributed by atoms with E-state index in [1.54, 1.807) is 6.20 Å². The standard InChI is InChI=1S/C23H31N5O2/c1-2-25-23(28-13-7-10-19(16-28)14-21(24)29)27-15-20-11-6-12-26-22(20)30-17-18-8-4-3-5-9-18/h3-6,8-9,11-12,19H,2,7,10,13-17H2,1H3,(H2,24,29)(H,25,27). The van der Waals surface area contributed by atoms with Crippen LogP contribution in [-0.2, 0) is 17.9 Å². The molecule has 0 aliphatic carbocycles. The Hall–Kier alpha value is -3.09. The molecule has 2 aromatic rings. The summed E-state index contributed by atoms with van der Waals surface area (Å²) in [6.45, 7) is 5.48. The van der Waals surface area contributed by atoms with Crippen LogP contribution in [0.3, 0.4) is 0 Å². The van der Waals surface area contributed by atoms with Crippen LogP contribution in [0.25, 0.3) is 0 Å². The first-order valence-electron chi connectivity index (χ1n) is 10.6. The number of primary amides is 1. The molecule has 160 valence electrons. The van der Waals surface area contributed by atoms with Crippen molar-refractivity contribution in [3.05, 3.63) is 59.8 Å². The smallest absolute Gasteiger partial charge is 0.218 e. The molecule has 1 amide bonds. The van der Waals surface area contributed by atoms with Gasteiger partial charge in [0.25, 0.3) is 0 Å². The van der Waals surface area contributed by atoms with E-state index in [2.05, 4.69) is 22.1 Å². The fourth-order valence-electron chi connectivity index (χ4n) is 3.69. The lowest BCUT2D eigenvalue weighted by Crippen LogP contribution is -2.47. The van der Waals surface area contributed by atoms with Gasteiger partial charge in [0.05, 0.1) is 6.54 Å². The van der Waals surface area contributed by atoms with Crippen LogP contribution in [0.1, 0.15) is 37.3 Å². The number of benzene rings is 1. The zero-order chi connectivity index (χ0) is 21.2. The number of amides is 1. The van der Waals surface area contributed by atoms with Crippen LogP contribution in [-0.4, -0.2) is 41.4 Å². The Kier molecular flexibility index (Phi) is 8.06. The second-order valence-electron chi connectivity index (χ2n) is 7.54. The zero-order valence-electron chi connectivity index (χ0n) is 17.6. The third-order valence-electron chi connectivity index (χ3n) is 5.11. The summed E-state index contributed by atoms with van der Waals surface area (Å²) in [6, 6.07) is 13.9. The van der Waals surface area contributed by atoms with Gasteiger partial charge >= 0.3 is 0 Å². The number of likely N-dealkylation sites (tertiary alicyclic amines) is 1. The molecule has 7 heteroatoms. The molecule has 7 nitrogen and oxygen atoms in total. The van der Waals surface area contributed by atoms with E-state index in [9.17, 15) is 4.79 Å². The number of aromatic nitrogens is 1. The summed E-state index contributed by atoms with van der Waals surface area (Å²) in [4.78, 5) is 22.8. The highest BCUT2D eigenvalue weighted by Crippen LogP contribution is 2.21. The molecule has 1 saturated heterocycles. The van der Waals surface area contributed by atoms with Crippen molar-refractivity contribution < 1.29 is 9.53 Å². The van der Waals surface area contributed by atoms with E-state index >= 15 is 0 Å². The van der Waals surface area contributed by atoms with Gasteiger partial charge in [0.15, 0.2) is 5.96 Å². The summed E-state index contributed by atoms with van der Waals surface area (Å²) in [6.07, 6.45) is 4.22.